The molecule has 2 unspecified atom stereocenters. The van der Waals surface area contributed by atoms with Gasteiger partial charge in [-0.15, -0.1) is 0 Å². The molecule has 8 heteroatoms. The lowest BCUT2D eigenvalue weighted by atomic mass is 9.82. The minimum absolute atomic E-state index is 0.116. The van der Waals surface area contributed by atoms with Gasteiger partial charge in [0.2, 0.25) is 5.91 Å². The Morgan fingerprint density at radius 1 is 1.10 bits per heavy atom. The van der Waals surface area contributed by atoms with Gasteiger partial charge in [-0.25, -0.2) is 18.4 Å². The predicted molar refractivity (Wildman–Crippen MR) is 104 cm³/mol. The van der Waals surface area contributed by atoms with Crippen LogP contribution in [-0.2, 0) is 4.79 Å². The van der Waals surface area contributed by atoms with Crippen LogP contribution >= 0.6 is 0 Å². The topological polar surface area (TPSA) is 66.8 Å². The van der Waals surface area contributed by atoms with Crippen LogP contribution in [0.2, 0.25) is 0 Å². The first kappa shape index (κ1) is 17.5. The zero-order chi connectivity index (χ0) is 20.3. The van der Waals surface area contributed by atoms with Gasteiger partial charge in [0.1, 0.15) is 11.6 Å². The number of rotatable bonds is 3. The van der Waals surface area contributed by atoms with E-state index in [-0.39, 0.29) is 11.5 Å². The third kappa shape index (κ3) is 2.63. The molecule has 2 aromatic carbocycles. The molecule has 1 saturated heterocycles. The Morgan fingerprint density at radius 3 is 2.55 bits per heavy atom. The van der Waals surface area contributed by atoms with Crippen molar-refractivity contribution >= 4 is 22.6 Å². The number of aromatic nitrogens is 4. The maximum Gasteiger partial charge on any atom is 0.232 e. The number of nitrogens with one attached hydrogen (secondary N) is 1. The molecule has 1 aliphatic heterocycles. The summed E-state index contributed by atoms with van der Waals surface area (Å²) in [5, 5.41) is 4.10. The van der Waals surface area contributed by atoms with Crippen molar-refractivity contribution in [3.8, 4) is 5.69 Å². The van der Waals surface area contributed by atoms with Gasteiger partial charge >= 0.3 is 0 Å². The SMILES string of the molecule is Cc1cnn(-c2cc(F)c(C3C(C)C(=O)N3c3ccc4nc[nH]c4c3)c(F)c2)c1. The molecule has 1 N–H and O–H groups in total. The van der Waals surface area contributed by atoms with Crippen molar-refractivity contribution in [2.45, 2.75) is 19.9 Å². The highest BCUT2D eigenvalue weighted by molar-refractivity contribution is 6.04. The van der Waals surface area contributed by atoms with Crippen LogP contribution in [0.3, 0.4) is 0 Å². The summed E-state index contributed by atoms with van der Waals surface area (Å²) in [7, 11) is 0. The van der Waals surface area contributed by atoms with E-state index in [1.165, 1.54) is 21.7 Å². The number of H-pyrrole nitrogens is 1. The number of fused-ring (bicyclic) bond motifs is 1. The van der Waals surface area contributed by atoms with Crippen LogP contribution in [0.25, 0.3) is 16.7 Å². The Kier molecular flexibility index (Phi) is 3.77. The van der Waals surface area contributed by atoms with E-state index in [1.807, 2.05) is 6.92 Å². The Labute approximate surface area is 164 Å². The molecule has 0 saturated carbocycles. The zero-order valence-electron chi connectivity index (χ0n) is 15.7. The van der Waals surface area contributed by atoms with Crippen LogP contribution in [0.15, 0.2) is 49.1 Å². The van der Waals surface area contributed by atoms with Gasteiger partial charge in [-0.3, -0.25) is 4.79 Å². The van der Waals surface area contributed by atoms with E-state index in [4.69, 9.17) is 0 Å². The summed E-state index contributed by atoms with van der Waals surface area (Å²) in [6.07, 6.45) is 4.86. The first-order valence-corrected chi connectivity index (χ1v) is 9.21. The number of nitrogens with zero attached hydrogens (tertiary/aromatic N) is 4. The molecule has 146 valence electrons. The van der Waals surface area contributed by atoms with Crippen molar-refractivity contribution in [3.63, 3.8) is 0 Å². The van der Waals surface area contributed by atoms with Gasteiger partial charge in [-0.05, 0) is 30.7 Å². The fraction of sp³-hybridized carbons (Fsp3) is 0.190. The number of carbonyl (C=O) groups is 1. The number of aromatic amines is 1. The highest BCUT2D eigenvalue weighted by Crippen LogP contribution is 2.45. The lowest BCUT2D eigenvalue weighted by Gasteiger charge is -2.46. The first-order valence-electron chi connectivity index (χ1n) is 9.21. The van der Waals surface area contributed by atoms with Crippen molar-refractivity contribution in [2.24, 2.45) is 5.92 Å². The molecular formula is C21H17F2N5O. The number of halogens is 2. The van der Waals surface area contributed by atoms with Gasteiger partial charge in [0, 0.05) is 29.6 Å². The van der Waals surface area contributed by atoms with E-state index in [9.17, 15) is 4.79 Å². The number of β-lactam (4-membered cyclic amide) rings is 1. The lowest BCUT2D eigenvalue weighted by Crippen LogP contribution is -2.54. The number of amides is 1. The molecule has 1 aliphatic rings. The second kappa shape index (κ2) is 6.23. The molecule has 6 nitrogen and oxygen atoms in total. The molecule has 0 aliphatic carbocycles. The molecule has 1 amide bonds. The highest BCUT2D eigenvalue weighted by atomic mass is 19.1. The third-order valence-corrected chi connectivity index (χ3v) is 5.40. The van der Waals surface area contributed by atoms with E-state index in [2.05, 4.69) is 15.1 Å². The summed E-state index contributed by atoms with van der Waals surface area (Å²) in [5.74, 6) is -2.12. The molecule has 1 fully saturated rings. The van der Waals surface area contributed by atoms with Gasteiger partial charge in [0.05, 0.1) is 41.2 Å². The second-order valence-corrected chi connectivity index (χ2v) is 7.33. The predicted octanol–water partition coefficient (Wildman–Crippen LogP) is 4.06. The van der Waals surface area contributed by atoms with Crippen LogP contribution in [-0.4, -0.2) is 25.7 Å². The number of hydrogen-bond donors (Lipinski definition) is 1. The minimum atomic E-state index is -0.726. The van der Waals surface area contributed by atoms with Gasteiger partial charge in [-0.2, -0.15) is 5.10 Å². The lowest BCUT2D eigenvalue weighted by molar-refractivity contribution is -0.129. The van der Waals surface area contributed by atoms with Crippen molar-refractivity contribution < 1.29 is 13.6 Å². The summed E-state index contributed by atoms with van der Waals surface area (Å²) in [6, 6.07) is 7.03. The minimum Gasteiger partial charge on any atom is -0.345 e. The number of imidazole rings is 1. The maximum absolute atomic E-state index is 15.0. The van der Waals surface area contributed by atoms with Crippen LogP contribution in [0.4, 0.5) is 14.5 Å². The summed E-state index contributed by atoms with van der Waals surface area (Å²) >= 11 is 0. The highest BCUT2D eigenvalue weighted by Gasteiger charge is 2.48. The Bertz CT molecular complexity index is 1240. The van der Waals surface area contributed by atoms with Crippen LogP contribution < -0.4 is 4.90 Å². The monoisotopic (exact) mass is 393 g/mol. The van der Waals surface area contributed by atoms with E-state index in [1.54, 1.807) is 43.8 Å². The standard InChI is InChI=1S/C21H17F2N5O/c1-11-8-26-27(9-11)14-5-15(22)19(16(23)6-14)20-12(2)21(29)28(20)13-3-4-17-18(7-13)25-10-24-17/h3-10,12,20H,1-2H3,(H,24,25). The molecule has 0 spiro atoms. The van der Waals surface area contributed by atoms with Crippen LogP contribution in [0.5, 0.6) is 0 Å². The number of anilines is 1. The van der Waals surface area contributed by atoms with Crippen molar-refractivity contribution in [1.29, 1.82) is 0 Å². The third-order valence-electron chi connectivity index (χ3n) is 5.40. The van der Waals surface area contributed by atoms with Crippen molar-refractivity contribution in [1.82, 2.24) is 19.7 Å². The smallest absolute Gasteiger partial charge is 0.232 e. The quantitative estimate of drug-likeness (QED) is 0.534. The average molecular weight is 393 g/mol. The van der Waals surface area contributed by atoms with E-state index >= 15 is 8.78 Å². The van der Waals surface area contributed by atoms with E-state index in [0.717, 1.165) is 16.6 Å². The Balaban J connectivity index is 1.57. The zero-order valence-corrected chi connectivity index (χ0v) is 15.7. The van der Waals surface area contributed by atoms with Crippen LogP contribution in [0, 0.1) is 24.5 Å². The maximum atomic E-state index is 15.0. The molecule has 2 atom stereocenters. The molecule has 0 bridgehead atoms. The van der Waals surface area contributed by atoms with Crippen molar-refractivity contribution in [2.75, 3.05) is 4.90 Å². The van der Waals surface area contributed by atoms with E-state index in [0.29, 0.717) is 11.4 Å². The fourth-order valence-electron chi connectivity index (χ4n) is 3.91. The second-order valence-electron chi connectivity index (χ2n) is 7.33. The van der Waals surface area contributed by atoms with Crippen molar-refractivity contribution in [3.05, 3.63) is 71.8 Å². The number of hydrogen-bond acceptors (Lipinski definition) is 3. The number of aryl methyl sites for hydroxylation is 1. The number of benzene rings is 2. The Hall–Kier alpha value is -3.55. The van der Waals surface area contributed by atoms with Gasteiger partial charge in [0.25, 0.3) is 0 Å². The van der Waals surface area contributed by atoms with E-state index < -0.39 is 23.6 Å². The number of carbonyl (C=O) groups excluding carboxylic acids is 1. The summed E-state index contributed by atoms with van der Waals surface area (Å²) in [6.45, 7) is 3.53. The fourth-order valence-corrected chi connectivity index (χ4v) is 3.91. The molecule has 3 heterocycles. The largest absolute Gasteiger partial charge is 0.345 e. The molecular weight excluding hydrogens is 376 g/mol. The van der Waals surface area contributed by atoms with Gasteiger partial charge in [-0.1, -0.05) is 6.92 Å². The van der Waals surface area contributed by atoms with Crippen LogP contribution in [0.1, 0.15) is 24.1 Å². The summed E-state index contributed by atoms with van der Waals surface area (Å²) in [4.78, 5) is 21.2. The molecule has 2 aromatic heterocycles. The normalized spacial score (nSPS) is 19.0. The molecule has 0 radical (unpaired) electrons. The molecule has 29 heavy (non-hydrogen) atoms. The average Bonchev–Trinajstić information content (AvgIpc) is 3.34. The first-order chi connectivity index (χ1) is 13.9. The molecule has 5 rings (SSSR count). The molecule has 4 aromatic rings. The van der Waals surface area contributed by atoms with Gasteiger partial charge in [0.15, 0.2) is 0 Å². The van der Waals surface area contributed by atoms with Gasteiger partial charge < -0.3 is 9.88 Å². The summed E-state index contributed by atoms with van der Waals surface area (Å²) in [5.41, 5.74) is 3.13. The summed E-state index contributed by atoms with van der Waals surface area (Å²) < 4.78 is 31.5. The Morgan fingerprint density at radius 2 is 1.86 bits per heavy atom.